The van der Waals surface area contributed by atoms with Crippen LogP contribution < -0.4 is 14.8 Å². The second-order valence-electron chi connectivity index (χ2n) is 5.58. The molecule has 2 aromatic carbocycles. The van der Waals surface area contributed by atoms with Crippen LogP contribution in [-0.2, 0) is 13.2 Å². The van der Waals surface area contributed by atoms with Crippen LogP contribution in [0.1, 0.15) is 11.1 Å². The molecule has 1 N–H and O–H groups in total. The van der Waals surface area contributed by atoms with E-state index >= 15 is 0 Å². The molecule has 3 rings (SSSR count). The maximum atomic E-state index is 6.21. The molecule has 0 atom stereocenters. The number of nitrogens with zero attached hydrogens (tertiary/aromatic N) is 1. The second-order valence-corrected chi connectivity index (χ2v) is 6.42. The molecule has 0 saturated heterocycles. The van der Waals surface area contributed by atoms with Gasteiger partial charge in [-0.05, 0) is 42.0 Å². The summed E-state index contributed by atoms with van der Waals surface area (Å²) in [4.78, 5) is 4.25. The number of hydrogen-bond acceptors (Lipinski definition) is 4. The minimum atomic E-state index is 0.323. The van der Waals surface area contributed by atoms with Gasteiger partial charge in [0.1, 0.15) is 12.4 Å². The molecule has 0 bridgehead atoms. The Morgan fingerprint density at radius 3 is 2.62 bits per heavy atom. The maximum absolute atomic E-state index is 6.21. The average molecular weight is 389 g/mol. The normalized spacial score (nSPS) is 10.4. The van der Waals surface area contributed by atoms with Crippen molar-refractivity contribution in [3.05, 3.63) is 82.0 Å². The fraction of sp³-hybridized carbons (Fsp3) is 0.150. The Morgan fingerprint density at radius 2 is 1.88 bits per heavy atom. The van der Waals surface area contributed by atoms with E-state index in [4.69, 9.17) is 32.7 Å². The monoisotopic (exact) mass is 388 g/mol. The highest BCUT2D eigenvalue weighted by molar-refractivity contribution is 6.35. The number of benzene rings is 2. The molecule has 4 nitrogen and oxygen atoms in total. The van der Waals surface area contributed by atoms with E-state index in [-0.39, 0.29) is 0 Å². The molecule has 0 saturated carbocycles. The van der Waals surface area contributed by atoms with Crippen molar-refractivity contribution in [2.45, 2.75) is 13.2 Å². The van der Waals surface area contributed by atoms with Crippen LogP contribution in [0.2, 0.25) is 10.0 Å². The molecule has 0 aliphatic heterocycles. The molecule has 6 heteroatoms. The SMILES string of the molecule is COc1ccc(CNc2ccccn2)cc1OCc1ccc(Cl)cc1Cl. The van der Waals surface area contributed by atoms with Gasteiger partial charge in [0.25, 0.3) is 0 Å². The molecule has 0 radical (unpaired) electrons. The number of anilines is 1. The van der Waals surface area contributed by atoms with Gasteiger partial charge in [-0.1, -0.05) is 41.4 Å². The molecule has 134 valence electrons. The van der Waals surface area contributed by atoms with E-state index < -0.39 is 0 Å². The van der Waals surface area contributed by atoms with E-state index in [0.717, 1.165) is 16.9 Å². The molecule has 0 spiro atoms. The summed E-state index contributed by atoms with van der Waals surface area (Å²) in [6, 6.07) is 16.9. The number of methoxy groups -OCH3 is 1. The van der Waals surface area contributed by atoms with E-state index in [9.17, 15) is 0 Å². The Labute approximate surface area is 162 Å². The Morgan fingerprint density at radius 1 is 1.00 bits per heavy atom. The molecule has 3 aromatic rings. The number of pyridine rings is 1. The van der Waals surface area contributed by atoms with Crippen molar-refractivity contribution in [3.63, 3.8) is 0 Å². The predicted octanol–water partition coefficient (Wildman–Crippen LogP) is 5.59. The van der Waals surface area contributed by atoms with Crippen LogP contribution in [-0.4, -0.2) is 12.1 Å². The number of halogens is 2. The summed E-state index contributed by atoms with van der Waals surface area (Å²) in [7, 11) is 1.61. The number of aromatic nitrogens is 1. The molecule has 1 heterocycles. The summed E-state index contributed by atoms with van der Waals surface area (Å²) in [5.41, 5.74) is 1.91. The third-order valence-corrected chi connectivity index (χ3v) is 4.35. The van der Waals surface area contributed by atoms with Crippen molar-refractivity contribution in [2.75, 3.05) is 12.4 Å². The highest BCUT2D eigenvalue weighted by Crippen LogP contribution is 2.30. The van der Waals surface area contributed by atoms with Gasteiger partial charge < -0.3 is 14.8 Å². The third kappa shape index (κ3) is 4.81. The third-order valence-electron chi connectivity index (χ3n) is 3.76. The number of nitrogens with one attached hydrogen (secondary N) is 1. The van der Waals surface area contributed by atoms with E-state index in [0.29, 0.717) is 34.7 Å². The zero-order chi connectivity index (χ0) is 18.4. The summed E-state index contributed by atoms with van der Waals surface area (Å²) in [5.74, 6) is 2.13. The highest BCUT2D eigenvalue weighted by Gasteiger charge is 2.08. The summed E-state index contributed by atoms with van der Waals surface area (Å²) < 4.78 is 11.3. The molecule has 1 aromatic heterocycles. The van der Waals surface area contributed by atoms with Gasteiger partial charge in [-0.15, -0.1) is 0 Å². The van der Waals surface area contributed by atoms with Gasteiger partial charge in [-0.3, -0.25) is 0 Å². The largest absolute Gasteiger partial charge is 0.493 e. The van der Waals surface area contributed by atoms with Crippen LogP contribution in [0.5, 0.6) is 11.5 Å². The van der Waals surface area contributed by atoms with Crippen molar-refractivity contribution in [1.29, 1.82) is 0 Å². The van der Waals surface area contributed by atoms with E-state index in [1.54, 1.807) is 25.4 Å². The Hall–Kier alpha value is -2.43. The van der Waals surface area contributed by atoms with Gasteiger partial charge in [0, 0.05) is 28.4 Å². The van der Waals surface area contributed by atoms with Gasteiger partial charge in [-0.25, -0.2) is 4.98 Å². The smallest absolute Gasteiger partial charge is 0.162 e. The Kier molecular flexibility index (Phi) is 6.21. The summed E-state index contributed by atoms with van der Waals surface area (Å²) in [5, 5.41) is 4.44. The van der Waals surface area contributed by atoms with Crippen LogP contribution in [0.25, 0.3) is 0 Å². The van der Waals surface area contributed by atoms with Crippen LogP contribution >= 0.6 is 23.2 Å². The number of rotatable bonds is 7. The lowest BCUT2D eigenvalue weighted by molar-refractivity contribution is 0.284. The summed E-state index contributed by atoms with van der Waals surface area (Å²) >= 11 is 12.1. The lowest BCUT2D eigenvalue weighted by Crippen LogP contribution is -2.03. The number of ether oxygens (including phenoxy) is 2. The van der Waals surface area contributed by atoms with E-state index in [2.05, 4.69) is 10.3 Å². The van der Waals surface area contributed by atoms with Gasteiger partial charge in [0.05, 0.1) is 7.11 Å². The van der Waals surface area contributed by atoms with Crippen LogP contribution in [0, 0.1) is 0 Å². The van der Waals surface area contributed by atoms with Crippen LogP contribution in [0.3, 0.4) is 0 Å². The summed E-state index contributed by atoms with van der Waals surface area (Å²) in [6.07, 6.45) is 1.75. The Bertz CT molecular complexity index is 873. The van der Waals surface area contributed by atoms with Gasteiger partial charge in [0.2, 0.25) is 0 Å². The van der Waals surface area contributed by atoms with Gasteiger partial charge in [-0.2, -0.15) is 0 Å². The minimum Gasteiger partial charge on any atom is -0.493 e. The molecule has 0 aliphatic carbocycles. The zero-order valence-electron chi connectivity index (χ0n) is 14.2. The quantitative estimate of drug-likeness (QED) is 0.572. The zero-order valence-corrected chi connectivity index (χ0v) is 15.7. The first-order chi connectivity index (χ1) is 12.7. The Balaban J connectivity index is 1.70. The van der Waals surface area contributed by atoms with Crippen molar-refractivity contribution in [2.24, 2.45) is 0 Å². The number of hydrogen-bond donors (Lipinski definition) is 1. The highest BCUT2D eigenvalue weighted by atomic mass is 35.5. The molecule has 0 aliphatic rings. The second kappa shape index (κ2) is 8.79. The molecule has 0 unspecified atom stereocenters. The molecular weight excluding hydrogens is 371 g/mol. The van der Waals surface area contributed by atoms with Crippen LogP contribution in [0.15, 0.2) is 60.8 Å². The predicted molar refractivity (Wildman–Crippen MR) is 105 cm³/mol. The molecule has 0 fully saturated rings. The first kappa shape index (κ1) is 18.4. The van der Waals surface area contributed by atoms with E-state index in [1.165, 1.54) is 0 Å². The van der Waals surface area contributed by atoms with Crippen molar-refractivity contribution >= 4 is 29.0 Å². The van der Waals surface area contributed by atoms with Crippen molar-refractivity contribution in [3.8, 4) is 11.5 Å². The minimum absolute atomic E-state index is 0.323. The maximum Gasteiger partial charge on any atom is 0.162 e. The average Bonchev–Trinajstić information content (AvgIpc) is 2.66. The fourth-order valence-electron chi connectivity index (χ4n) is 2.40. The lowest BCUT2D eigenvalue weighted by atomic mass is 10.2. The van der Waals surface area contributed by atoms with Gasteiger partial charge in [0.15, 0.2) is 11.5 Å². The molecule has 0 amide bonds. The van der Waals surface area contributed by atoms with Gasteiger partial charge >= 0.3 is 0 Å². The van der Waals surface area contributed by atoms with Crippen molar-refractivity contribution in [1.82, 2.24) is 4.98 Å². The van der Waals surface area contributed by atoms with E-state index in [1.807, 2.05) is 42.5 Å². The fourth-order valence-corrected chi connectivity index (χ4v) is 2.86. The first-order valence-electron chi connectivity index (χ1n) is 8.04. The standard InChI is InChI=1S/C20H18Cl2N2O2/c1-25-18-8-5-14(12-24-20-4-2-3-9-23-20)10-19(18)26-13-15-6-7-16(21)11-17(15)22/h2-11H,12-13H2,1H3,(H,23,24). The van der Waals surface area contributed by atoms with Crippen LogP contribution in [0.4, 0.5) is 5.82 Å². The summed E-state index contributed by atoms with van der Waals surface area (Å²) in [6.45, 7) is 0.947. The topological polar surface area (TPSA) is 43.4 Å². The molecule has 26 heavy (non-hydrogen) atoms. The molecular formula is C20H18Cl2N2O2. The van der Waals surface area contributed by atoms with Crippen molar-refractivity contribution < 1.29 is 9.47 Å². The first-order valence-corrected chi connectivity index (χ1v) is 8.80. The lowest BCUT2D eigenvalue weighted by Gasteiger charge is -2.14.